The maximum Gasteiger partial charge on any atom is 0.130 e. The van der Waals surface area contributed by atoms with Crippen LogP contribution in [0, 0.1) is 23.0 Å². The van der Waals surface area contributed by atoms with E-state index in [1.165, 1.54) is 13.0 Å². The van der Waals surface area contributed by atoms with Crippen LogP contribution in [0.2, 0.25) is 0 Å². The second-order valence-electron chi connectivity index (χ2n) is 2.49. The smallest absolute Gasteiger partial charge is 0.130 e. The van der Waals surface area contributed by atoms with Crippen molar-refractivity contribution in [3.63, 3.8) is 0 Å². The van der Waals surface area contributed by atoms with E-state index in [2.05, 4.69) is 0 Å². The quantitative estimate of drug-likeness (QED) is 0.630. The lowest BCUT2D eigenvalue weighted by atomic mass is 10.0. The average molecular weight is 167 g/mol. The summed E-state index contributed by atoms with van der Waals surface area (Å²) in [5, 5.41) is 8.45. The molecular formula is C9H7F2N. The van der Waals surface area contributed by atoms with Gasteiger partial charge >= 0.3 is 0 Å². The van der Waals surface area contributed by atoms with Gasteiger partial charge in [0.05, 0.1) is 12.0 Å². The first kappa shape index (κ1) is 8.66. The lowest BCUT2D eigenvalue weighted by molar-refractivity contribution is 0.551. The summed E-state index contributed by atoms with van der Waals surface area (Å²) in [6.07, 6.45) is 0. The molecule has 0 bridgehead atoms. The van der Waals surface area contributed by atoms with Crippen LogP contribution in [0.3, 0.4) is 0 Å². The van der Waals surface area contributed by atoms with E-state index in [4.69, 9.17) is 5.26 Å². The van der Waals surface area contributed by atoms with E-state index in [1.807, 2.05) is 0 Å². The van der Waals surface area contributed by atoms with Crippen LogP contribution < -0.4 is 0 Å². The molecule has 1 nitrogen and oxygen atoms in total. The van der Waals surface area contributed by atoms with Gasteiger partial charge in [-0.25, -0.2) is 8.78 Å². The first-order valence-corrected chi connectivity index (χ1v) is 3.50. The maximum atomic E-state index is 12.9. The first-order valence-electron chi connectivity index (χ1n) is 3.50. The van der Waals surface area contributed by atoms with Gasteiger partial charge < -0.3 is 0 Å². The van der Waals surface area contributed by atoms with Crippen molar-refractivity contribution in [2.45, 2.75) is 12.8 Å². The van der Waals surface area contributed by atoms with E-state index >= 15 is 0 Å². The van der Waals surface area contributed by atoms with Crippen LogP contribution in [0.15, 0.2) is 18.2 Å². The molecule has 0 radical (unpaired) electrons. The van der Waals surface area contributed by atoms with Gasteiger partial charge in [-0.15, -0.1) is 0 Å². The van der Waals surface area contributed by atoms with Crippen molar-refractivity contribution in [2.24, 2.45) is 0 Å². The minimum absolute atomic E-state index is 0.153. The number of halogens is 2. The molecule has 1 rings (SSSR count). The zero-order valence-electron chi connectivity index (χ0n) is 6.51. The molecule has 0 amide bonds. The lowest BCUT2D eigenvalue weighted by Gasteiger charge is -2.04. The summed E-state index contributed by atoms with van der Waals surface area (Å²) in [5.41, 5.74) is -0.153. The Morgan fingerprint density at radius 3 is 2.25 bits per heavy atom. The van der Waals surface area contributed by atoms with Gasteiger partial charge in [0.2, 0.25) is 0 Å². The van der Waals surface area contributed by atoms with E-state index in [9.17, 15) is 8.78 Å². The van der Waals surface area contributed by atoms with Gasteiger partial charge in [-0.1, -0.05) is 6.07 Å². The number of hydrogen-bond donors (Lipinski definition) is 0. The van der Waals surface area contributed by atoms with Crippen molar-refractivity contribution in [3.05, 3.63) is 35.4 Å². The summed E-state index contributed by atoms with van der Waals surface area (Å²) in [6.45, 7) is 1.46. The molecule has 0 aliphatic heterocycles. The molecule has 0 saturated carbocycles. The van der Waals surface area contributed by atoms with Gasteiger partial charge in [-0.3, -0.25) is 0 Å². The van der Waals surface area contributed by atoms with E-state index in [0.717, 1.165) is 12.1 Å². The summed E-state index contributed by atoms with van der Waals surface area (Å²) >= 11 is 0. The largest absolute Gasteiger partial charge is 0.207 e. The van der Waals surface area contributed by atoms with Crippen LogP contribution in [0.4, 0.5) is 8.78 Å². The number of rotatable bonds is 1. The van der Waals surface area contributed by atoms with Crippen molar-refractivity contribution in [3.8, 4) is 6.07 Å². The molecule has 0 fully saturated rings. The minimum Gasteiger partial charge on any atom is -0.207 e. The monoisotopic (exact) mass is 167 g/mol. The molecule has 1 aromatic carbocycles. The first-order chi connectivity index (χ1) is 5.66. The van der Waals surface area contributed by atoms with Crippen molar-refractivity contribution in [1.29, 1.82) is 5.26 Å². The van der Waals surface area contributed by atoms with Crippen molar-refractivity contribution < 1.29 is 8.78 Å². The van der Waals surface area contributed by atoms with Gasteiger partial charge in [-0.05, 0) is 19.1 Å². The standard InChI is InChI=1S/C9H7F2N/c1-6(5-12)9-7(10)3-2-4-8(9)11/h2-4,6H,1H3. The Morgan fingerprint density at radius 1 is 1.33 bits per heavy atom. The third-order valence-corrected chi connectivity index (χ3v) is 1.63. The fourth-order valence-electron chi connectivity index (χ4n) is 0.989. The molecular weight excluding hydrogens is 160 g/mol. The number of benzene rings is 1. The molecule has 0 aliphatic carbocycles. The molecule has 1 atom stereocenters. The van der Waals surface area contributed by atoms with Gasteiger partial charge in [0.15, 0.2) is 0 Å². The van der Waals surface area contributed by atoms with Crippen molar-refractivity contribution >= 4 is 0 Å². The fraction of sp³-hybridized carbons (Fsp3) is 0.222. The normalized spacial score (nSPS) is 12.2. The Kier molecular flexibility index (Phi) is 2.39. The fourth-order valence-corrected chi connectivity index (χ4v) is 0.989. The minimum atomic E-state index is -0.744. The zero-order chi connectivity index (χ0) is 9.14. The third kappa shape index (κ3) is 1.42. The van der Waals surface area contributed by atoms with Gasteiger partial charge in [-0.2, -0.15) is 5.26 Å². The molecule has 0 aromatic heterocycles. The highest BCUT2D eigenvalue weighted by atomic mass is 19.1. The molecule has 1 unspecified atom stereocenters. The lowest BCUT2D eigenvalue weighted by Crippen LogP contribution is -1.98. The van der Waals surface area contributed by atoms with Crippen LogP contribution >= 0.6 is 0 Å². The van der Waals surface area contributed by atoms with Crippen LogP contribution in [-0.4, -0.2) is 0 Å². The van der Waals surface area contributed by atoms with Gasteiger partial charge in [0, 0.05) is 5.56 Å². The molecule has 0 spiro atoms. The number of nitriles is 1. The number of hydrogen-bond acceptors (Lipinski definition) is 1. The van der Waals surface area contributed by atoms with E-state index < -0.39 is 17.6 Å². The number of nitrogens with zero attached hydrogens (tertiary/aromatic N) is 1. The van der Waals surface area contributed by atoms with Crippen LogP contribution in [0.25, 0.3) is 0 Å². The predicted molar refractivity (Wildman–Crippen MR) is 40.4 cm³/mol. The Bertz CT molecular complexity index is 308. The van der Waals surface area contributed by atoms with Crippen molar-refractivity contribution in [2.75, 3.05) is 0 Å². The molecule has 3 heteroatoms. The van der Waals surface area contributed by atoms with Gasteiger partial charge in [0.25, 0.3) is 0 Å². The molecule has 0 saturated heterocycles. The highest BCUT2D eigenvalue weighted by Crippen LogP contribution is 2.20. The van der Waals surface area contributed by atoms with Crippen molar-refractivity contribution in [1.82, 2.24) is 0 Å². The molecule has 0 N–H and O–H groups in total. The SMILES string of the molecule is CC(C#N)c1c(F)cccc1F. The Balaban J connectivity index is 3.23. The second-order valence-corrected chi connectivity index (χ2v) is 2.49. The molecule has 0 heterocycles. The molecule has 0 aliphatic rings. The maximum absolute atomic E-state index is 12.9. The predicted octanol–water partition coefficient (Wildman–Crippen LogP) is 2.59. The molecule has 1 aromatic rings. The molecule has 12 heavy (non-hydrogen) atoms. The summed E-state index contributed by atoms with van der Waals surface area (Å²) in [6, 6.07) is 5.35. The molecule has 62 valence electrons. The van der Waals surface area contributed by atoms with E-state index in [0.29, 0.717) is 0 Å². The zero-order valence-corrected chi connectivity index (χ0v) is 6.51. The van der Waals surface area contributed by atoms with Gasteiger partial charge in [0.1, 0.15) is 11.6 Å². The third-order valence-electron chi connectivity index (χ3n) is 1.63. The van der Waals surface area contributed by atoms with E-state index in [1.54, 1.807) is 6.07 Å². The second kappa shape index (κ2) is 3.31. The summed E-state index contributed by atoms with van der Waals surface area (Å²) in [4.78, 5) is 0. The van der Waals surface area contributed by atoms with Crippen LogP contribution in [0.1, 0.15) is 18.4 Å². The summed E-state index contributed by atoms with van der Waals surface area (Å²) in [5.74, 6) is -2.07. The highest BCUT2D eigenvalue weighted by Gasteiger charge is 2.14. The van der Waals surface area contributed by atoms with Crippen LogP contribution in [-0.2, 0) is 0 Å². The Morgan fingerprint density at radius 2 is 1.83 bits per heavy atom. The highest BCUT2D eigenvalue weighted by molar-refractivity contribution is 5.27. The topological polar surface area (TPSA) is 23.8 Å². The average Bonchev–Trinajstić information content (AvgIpc) is 2.03. The Labute approximate surface area is 69.2 Å². The van der Waals surface area contributed by atoms with Crippen LogP contribution in [0.5, 0.6) is 0 Å². The summed E-state index contributed by atoms with van der Waals surface area (Å²) < 4.78 is 25.8. The summed E-state index contributed by atoms with van der Waals surface area (Å²) in [7, 11) is 0. The van der Waals surface area contributed by atoms with E-state index in [-0.39, 0.29) is 5.56 Å². The Hall–Kier alpha value is -1.43.